The highest BCUT2D eigenvalue weighted by molar-refractivity contribution is 5.65. The lowest BCUT2D eigenvalue weighted by Gasteiger charge is -2.12. The number of hydrogen-bond acceptors (Lipinski definition) is 5. The van der Waals surface area contributed by atoms with Gasteiger partial charge in [0.15, 0.2) is 0 Å². The summed E-state index contributed by atoms with van der Waals surface area (Å²) >= 11 is 0. The van der Waals surface area contributed by atoms with E-state index in [4.69, 9.17) is 5.26 Å². The standard InChI is InChI=1S/C19H14F3N5/c1-12-9-17(26-16-8-3-2-5-13(16)11-23)27-18(24-12)25-15-7-4-6-14(10-15)19(20,21)22/h2-10H,1H3,(H2,24,25,26,27). The van der Waals surface area contributed by atoms with Crippen LogP contribution < -0.4 is 10.6 Å². The molecule has 0 radical (unpaired) electrons. The number of para-hydroxylation sites is 1. The quantitative estimate of drug-likeness (QED) is 0.664. The van der Waals surface area contributed by atoms with Gasteiger partial charge in [-0.25, -0.2) is 4.98 Å². The van der Waals surface area contributed by atoms with Gasteiger partial charge >= 0.3 is 6.18 Å². The summed E-state index contributed by atoms with van der Waals surface area (Å²) < 4.78 is 38.6. The number of benzene rings is 2. The van der Waals surface area contributed by atoms with Crippen molar-refractivity contribution >= 4 is 23.1 Å². The molecule has 0 atom stereocenters. The average Bonchev–Trinajstić information content (AvgIpc) is 2.61. The molecule has 0 unspecified atom stereocenters. The fourth-order valence-corrected chi connectivity index (χ4v) is 2.42. The molecular formula is C19H14F3N5. The number of nitrogens with zero attached hydrogens (tertiary/aromatic N) is 3. The Hall–Kier alpha value is -3.60. The van der Waals surface area contributed by atoms with Crippen molar-refractivity contribution in [2.45, 2.75) is 13.1 Å². The van der Waals surface area contributed by atoms with Crippen LogP contribution in [0.1, 0.15) is 16.8 Å². The second-order valence-corrected chi connectivity index (χ2v) is 5.70. The first-order valence-corrected chi connectivity index (χ1v) is 7.91. The van der Waals surface area contributed by atoms with E-state index < -0.39 is 11.7 Å². The lowest BCUT2D eigenvalue weighted by atomic mass is 10.2. The molecule has 3 rings (SSSR count). The minimum Gasteiger partial charge on any atom is -0.339 e. The summed E-state index contributed by atoms with van der Waals surface area (Å²) in [6.07, 6.45) is -4.43. The van der Waals surface area contributed by atoms with Crippen LogP contribution in [0.2, 0.25) is 0 Å². The molecule has 0 saturated carbocycles. The SMILES string of the molecule is Cc1cc(Nc2ccccc2C#N)nc(Nc2cccc(C(F)(F)F)c2)n1. The number of halogens is 3. The average molecular weight is 369 g/mol. The summed E-state index contributed by atoms with van der Waals surface area (Å²) in [5.74, 6) is 0.561. The van der Waals surface area contributed by atoms with E-state index in [2.05, 4.69) is 26.7 Å². The fraction of sp³-hybridized carbons (Fsp3) is 0.105. The van der Waals surface area contributed by atoms with Crippen LogP contribution in [0.5, 0.6) is 0 Å². The highest BCUT2D eigenvalue weighted by Crippen LogP contribution is 2.31. The predicted molar refractivity (Wildman–Crippen MR) is 95.9 cm³/mol. The van der Waals surface area contributed by atoms with Crippen LogP contribution in [0.3, 0.4) is 0 Å². The molecule has 0 saturated heterocycles. The van der Waals surface area contributed by atoms with E-state index in [9.17, 15) is 13.2 Å². The van der Waals surface area contributed by atoms with Gasteiger partial charge < -0.3 is 10.6 Å². The van der Waals surface area contributed by atoms with E-state index in [1.54, 1.807) is 37.3 Å². The van der Waals surface area contributed by atoms with Crippen molar-refractivity contribution in [2.75, 3.05) is 10.6 Å². The number of rotatable bonds is 4. The monoisotopic (exact) mass is 369 g/mol. The number of alkyl halides is 3. The predicted octanol–water partition coefficient (Wildman–Crippen LogP) is 5.16. The molecular weight excluding hydrogens is 355 g/mol. The Morgan fingerprint density at radius 1 is 0.963 bits per heavy atom. The molecule has 3 aromatic rings. The number of nitriles is 1. The second-order valence-electron chi connectivity index (χ2n) is 5.70. The van der Waals surface area contributed by atoms with Gasteiger partial charge in [0.25, 0.3) is 0 Å². The first kappa shape index (κ1) is 18.2. The van der Waals surface area contributed by atoms with Crippen molar-refractivity contribution in [3.63, 3.8) is 0 Å². The van der Waals surface area contributed by atoms with Gasteiger partial charge in [0.1, 0.15) is 11.9 Å². The second kappa shape index (κ2) is 7.33. The third-order valence-electron chi connectivity index (χ3n) is 3.61. The number of anilines is 4. The molecule has 8 heteroatoms. The molecule has 5 nitrogen and oxygen atoms in total. The number of hydrogen-bond donors (Lipinski definition) is 2. The van der Waals surface area contributed by atoms with E-state index in [-0.39, 0.29) is 11.6 Å². The van der Waals surface area contributed by atoms with E-state index >= 15 is 0 Å². The molecule has 1 aromatic heterocycles. The van der Waals surface area contributed by atoms with Crippen LogP contribution in [-0.4, -0.2) is 9.97 Å². The Kier molecular flexibility index (Phi) is 4.94. The van der Waals surface area contributed by atoms with Crippen LogP contribution in [0.4, 0.5) is 36.3 Å². The maximum Gasteiger partial charge on any atom is 0.416 e. The molecule has 0 aliphatic heterocycles. The molecule has 0 amide bonds. The van der Waals surface area contributed by atoms with Crippen molar-refractivity contribution in [3.8, 4) is 6.07 Å². The smallest absolute Gasteiger partial charge is 0.339 e. The summed E-state index contributed by atoms with van der Waals surface area (Å²) in [6.45, 7) is 1.74. The molecule has 27 heavy (non-hydrogen) atoms. The van der Waals surface area contributed by atoms with Gasteiger partial charge in [-0.1, -0.05) is 18.2 Å². The zero-order chi connectivity index (χ0) is 19.4. The molecule has 2 N–H and O–H groups in total. The largest absolute Gasteiger partial charge is 0.416 e. The van der Waals surface area contributed by atoms with Gasteiger partial charge in [-0.05, 0) is 37.3 Å². The van der Waals surface area contributed by atoms with Crippen molar-refractivity contribution in [1.82, 2.24) is 9.97 Å². The van der Waals surface area contributed by atoms with E-state index in [0.29, 0.717) is 22.8 Å². The lowest BCUT2D eigenvalue weighted by molar-refractivity contribution is -0.137. The van der Waals surface area contributed by atoms with Gasteiger partial charge in [0, 0.05) is 17.4 Å². The van der Waals surface area contributed by atoms with Gasteiger partial charge in [-0.2, -0.15) is 23.4 Å². The van der Waals surface area contributed by atoms with Gasteiger partial charge in [-0.15, -0.1) is 0 Å². The first-order chi connectivity index (χ1) is 12.8. The zero-order valence-electron chi connectivity index (χ0n) is 14.2. The van der Waals surface area contributed by atoms with Gasteiger partial charge in [0.2, 0.25) is 5.95 Å². The molecule has 2 aromatic carbocycles. The summed E-state index contributed by atoms with van der Waals surface area (Å²) in [4.78, 5) is 8.46. The summed E-state index contributed by atoms with van der Waals surface area (Å²) in [5.41, 5.74) is 1.08. The van der Waals surface area contributed by atoms with Crippen molar-refractivity contribution in [3.05, 3.63) is 71.4 Å². The van der Waals surface area contributed by atoms with E-state index in [0.717, 1.165) is 12.1 Å². The van der Waals surface area contributed by atoms with Crippen LogP contribution in [0, 0.1) is 18.3 Å². The maximum atomic E-state index is 12.9. The minimum absolute atomic E-state index is 0.145. The number of nitrogens with one attached hydrogen (secondary N) is 2. The Morgan fingerprint density at radius 2 is 1.74 bits per heavy atom. The Balaban J connectivity index is 1.87. The fourth-order valence-electron chi connectivity index (χ4n) is 2.42. The molecule has 1 heterocycles. The van der Waals surface area contributed by atoms with E-state index in [1.165, 1.54) is 12.1 Å². The Labute approximate surface area is 153 Å². The highest BCUT2D eigenvalue weighted by atomic mass is 19.4. The zero-order valence-corrected chi connectivity index (χ0v) is 14.2. The molecule has 0 bridgehead atoms. The highest BCUT2D eigenvalue weighted by Gasteiger charge is 2.30. The van der Waals surface area contributed by atoms with Gasteiger partial charge in [0.05, 0.1) is 16.8 Å². The normalized spacial score (nSPS) is 10.9. The third-order valence-corrected chi connectivity index (χ3v) is 3.61. The number of aryl methyl sites for hydroxylation is 1. The molecule has 0 aliphatic rings. The Bertz CT molecular complexity index is 1010. The van der Waals surface area contributed by atoms with Crippen LogP contribution >= 0.6 is 0 Å². The summed E-state index contributed by atoms with van der Waals surface area (Å²) in [6, 6.07) is 15.5. The lowest BCUT2D eigenvalue weighted by Crippen LogP contribution is -2.06. The minimum atomic E-state index is -4.43. The molecule has 0 aliphatic carbocycles. The molecule has 0 fully saturated rings. The van der Waals surface area contributed by atoms with Crippen LogP contribution in [-0.2, 0) is 6.18 Å². The topological polar surface area (TPSA) is 73.6 Å². The third kappa shape index (κ3) is 4.52. The van der Waals surface area contributed by atoms with E-state index in [1.807, 2.05) is 0 Å². The van der Waals surface area contributed by atoms with Crippen molar-refractivity contribution in [1.29, 1.82) is 5.26 Å². The van der Waals surface area contributed by atoms with Crippen LogP contribution in [0.25, 0.3) is 0 Å². The van der Waals surface area contributed by atoms with Gasteiger partial charge in [-0.3, -0.25) is 0 Å². The van der Waals surface area contributed by atoms with Crippen molar-refractivity contribution in [2.24, 2.45) is 0 Å². The maximum absolute atomic E-state index is 12.9. The molecule has 136 valence electrons. The van der Waals surface area contributed by atoms with Crippen LogP contribution in [0.15, 0.2) is 54.6 Å². The first-order valence-electron chi connectivity index (χ1n) is 7.91. The number of aromatic nitrogens is 2. The van der Waals surface area contributed by atoms with Crippen molar-refractivity contribution < 1.29 is 13.2 Å². The Morgan fingerprint density at radius 3 is 2.48 bits per heavy atom. The summed E-state index contributed by atoms with van der Waals surface area (Å²) in [7, 11) is 0. The summed E-state index contributed by atoms with van der Waals surface area (Å²) in [5, 5.41) is 15.0. The molecule has 0 spiro atoms.